The lowest BCUT2D eigenvalue weighted by atomic mass is 9.96. The lowest BCUT2D eigenvalue weighted by Gasteiger charge is -2.20. The van der Waals surface area contributed by atoms with Crippen molar-refractivity contribution in [2.75, 3.05) is 19.8 Å². The maximum Gasteiger partial charge on any atom is 0.0799 e. The first-order valence-corrected chi connectivity index (χ1v) is 6.12. The van der Waals surface area contributed by atoms with E-state index in [2.05, 4.69) is 26.1 Å². The number of ether oxygens (including phenoxy) is 1. The number of hydrogen-bond donors (Lipinski definition) is 2. The highest BCUT2D eigenvalue weighted by atomic mass is 79.9. The van der Waals surface area contributed by atoms with Gasteiger partial charge in [-0.1, -0.05) is 0 Å². The second-order valence-electron chi connectivity index (χ2n) is 3.83. The van der Waals surface area contributed by atoms with E-state index in [4.69, 9.17) is 10.5 Å². The van der Waals surface area contributed by atoms with Crippen LogP contribution in [0.2, 0.25) is 0 Å². The van der Waals surface area contributed by atoms with Crippen LogP contribution in [0.25, 0.3) is 0 Å². The molecule has 1 aliphatic rings. The summed E-state index contributed by atoms with van der Waals surface area (Å²) in [4.78, 5) is 0. The van der Waals surface area contributed by atoms with E-state index < -0.39 is 0 Å². The van der Waals surface area contributed by atoms with Gasteiger partial charge < -0.3 is 10.5 Å². The van der Waals surface area contributed by atoms with Crippen LogP contribution in [0.3, 0.4) is 0 Å². The van der Waals surface area contributed by atoms with Gasteiger partial charge >= 0.3 is 0 Å². The zero-order valence-corrected chi connectivity index (χ0v) is 10.2. The van der Waals surface area contributed by atoms with E-state index in [0.717, 1.165) is 48.3 Å². The highest BCUT2D eigenvalue weighted by molar-refractivity contribution is 9.10. The molecule has 0 atom stereocenters. The molecule has 0 radical (unpaired) electrons. The molecule has 15 heavy (non-hydrogen) atoms. The topological polar surface area (TPSA) is 63.9 Å². The van der Waals surface area contributed by atoms with E-state index in [0.29, 0.717) is 12.5 Å². The molecule has 1 aromatic heterocycles. The Balaban J connectivity index is 2.13. The molecule has 1 fully saturated rings. The molecule has 0 amide bonds. The van der Waals surface area contributed by atoms with Gasteiger partial charge in [0.15, 0.2) is 0 Å². The van der Waals surface area contributed by atoms with Crippen LogP contribution >= 0.6 is 15.9 Å². The molecule has 0 aromatic carbocycles. The fraction of sp³-hybridized carbons (Fsp3) is 0.700. The van der Waals surface area contributed by atoms with Gasteiger partial charge in [0.05, 0.1) is 15.9 Å². The Hall–Kier alpha value is -0.390. The lowest BCUT2D eigenvalue weighted by molar-refractivity contribution is 0.0843. The minimum atomic E-state index is 0.524. The Labute approximate surface area is 97.7 Å². The molecule has 2 rings (SSSR count). The number of halogens is 1. The summed E-state index contributed by atoms with van der Waals surface area (Å²) in [7, 11) is 0. The molecule has 1 aromatic rings. The Bertz CT molecular complexity index is 320. The average molecular weight is 274 g/mol. The third-order valence-corrected chi connectivity index (χ3v) is 3.69. The molecule has 2 heterocycles. The second-order valence-corrected chi connectivity index (χ2v) is 4.62. The van der Waals surface area contributed by atoms with Gasteiger partial charge in [-0.05, 0) is 35.3 Å². The third-order valence-electron chi connectivity index (χ3n) is 2.80. The predicted molar refractivity (Wildman–Crippen MR) is 61.8 cm³/mol. The van der Waals surface area contributed by atoms with Crippen LogP contribution in [0.1, 0.15) is 30.1 Å². The van der Waals surface area contributed by atoms with Crippen molar-refractivity contribution >= 4 is 15.9 Å². The summed E-state index contributed by atoms with van der Waals surface area (Å²) in [6, 6.07) is 0. The van der Waals surface area contributed by atoms with Crippen LogP contribution in [-0.4, -0.2) is 30.0 Å². The van der Waals surface area contributed by atoms with Crippen LogP contribution in [-0.2, 0) is 11.2 Å². The smallest absolute Gasteiger partial charge is 0.0799 e. The maximum absolute atomic E-state index is 5.53. The number of rotatable bonds is 3. The predicted octanol–water partition coefficient (Wildman–Crippen LogP) is 1.57. The van der Waals surface area contributed by atoms with E-state index in [1.165, 1.54) is 0 Å². The molecule has 5 heteroatoms. The molecule has 4 nitrogen and oxygen atoms in total. The van der Waals surface area contributed by atoms with Gasteiger partial charge in [0.2, 0.25) is 0 Å². The van der Waals surface area contributed by atoms with Crippen molar-refractivity contribution in [3.63, 3.8) is 0 Å². The Kier molecular flexibility index (Phi) is 3.77. The minimum absolute atomic E-state index is 0.524. The van der Waals surface area contributed by atoms with Crippen molar-refractivity contribution in [2.45, 2.75) is 25.2 Å². The highest BCUT2D eigenvalue weighted by Gasteiger charge is 2.22. The van der Waals surface area contributed by atoms with Crippen molar-refractivity contribution in [1.29, 1.82) is 0 Å². The molecule has 1 aliphatic heterocycles. The Morgan fingerprint density at radius 1 is 1.47 bits per heavy atom. The SMILES string of the molecule is NCCc1[nH]nc(C2CCOCC2)c1Br. The third kappa shape index (κ3) is 2.41. The molecule has 1 saturated heterocycles. The van der Waals surface area contributed by atoms with E-state index in [9.17, 15) is 0 Å². The van der Waals surface area contributed by atoms with Crippen LogP contribution < -0.4 is 5.73 Å². The quantitative estimate of drug-likeness (QED) is 0.879. The molecule has 0 bridgehead atoms. The van der Waals surface area contributed by atoms with E-state index >= 15 is 0 Å². The van der Waals surface area contributed by atoms with E-state index in [1.807, 2.05) is 0 Å². The van der Waals surface area contributed by atoms with Crippen molar-refractivity contribution in [2.24, 2.45) is 5.73 Å². The summed E-state index contributed by atoms with van der Waals surface area (Å²) in [5, 5.41) is 7.43. The largest absolute Gasteiger partial charge is 0.381 e. The first-order valence-electron chi connectivity index (χ1n) is 5.33. The number of hydrogen-bond acceptors (Lipinski definition) is 3. The molecule has 0 unspecified atom stereocenters. The van der Waals surface area contributed by atoms with Gasteiger partial charge in [0, 0.05) is 25.6 Å². The number of aromatic amines is 1. The van der Waals surface area contributed by atoms with Gasteiger partial charge in [0.25, 0.3) is 0 Å². The fourth-order valence-corrected chi connectivity index (χ4v) is 2.63. The monoisotopic (exact) mass is 273 g/mol. The molecule has 3 N–H and O–H groups in total. The first-order chi connectivity index (χ1) is 7.33. The van der Waals surface area contributed by atoms with Crippen LogP contribution in [0.15, 0.2) is 4.47 Å². The number of nitrogens with one attached hydrogen (secondary N) is 1. The molecular formula is C10H16BrN3O. The standard InChI is InChI=1S/C10H16BrN3O/c11-9-8(1-4-12)13-14-10(9)7-2-5-15-6-3-7/h7H,1-6,12H2,(H,13,14). The van der Waals surface area contributed by atoms with Gasteiger partial charge in [-0.3, -0.25) is 5.10 Å². The zero-order valence-electron chi connectivity index (χ0n) is 8.63. The fourth-order valence-electron chi connectivity index (χ4n) is 1.93. The molecular weight excluding hydrogens is 258 g/mol. The van der Waals surface area contributed by atoms with Crippen LogP contribution in [0, 0.1) is 0 Å². The first kappa shape index (κ1) is 11.1. The number of nitrogens with two attached hydrogens (primary N) is 1. The van der Waals surface area contributed by atoms with Gasteiger partial charge in [-0.25, -0.2) is 0 Å². The van der Waals surface area contributed by atoms with Crippen molar-refractivity contribution in [3.8, 4) is 0 Å². The summed E-state index contributed by atoms with van der Waals surface area (Å²) in [6.07, 6.45) is 2.97. The lowest BCUT2D eigenvalue weighted by Crippen LogP contribution is -2.14. The Morgan fingerprint density at radius 2 is 2.20 bits per heavy atom. The average Bonchev–Trinajstić information content (AvgIpc) is 2.63. The van der Waals surface area contributed by atoms with Crippen LogP contribution in [0.4, 0.5) is 0 Å². The second kappa shape index (κ2) is 5.09. The van der Waals surface area contributed by atoms with Gasteiger partial charge in [-0.15, -0.1) is 0 Å². The molecule has 0 spiro atoms. The molecule has 84 valence electrons. The summed E-state index contributed by atoms with van der Waals surface area (Å²) < 4.78 is 6.45. The van der Waals surface area contributed by atoms with Crippen molar-refractivity contribution in [1.82, 2.24) is 10.2 Å². The van der Waals surface area contributed by atoms with Crippen molar-refractivity contribution < 1.29 is 4.74 Å². The maximum atomic E-state index is 5.53. The highest BCUT2D eigenvalue weighted by Crippen LogP contribution is 2.32. The van der Waals surface area contributed by atoms with Gasteiger partial charge in [0.1, 0.15) is 0 Å². The van der Waals surface area contributed by atoms with E-state index in [-0.39, 0.29) is 0 Å². The number of H-pyrrole nitrogens is 1. The molecule has 0 saturated carbocycles. The normalized spacial score (nSPS) is 18.3. The van der Waals surface area contributed by atoms with Gasteiger partial charge in [-0.2, -0.15) is 5.10 Å². The summed E-state index contributed by atoms with van der Waals surface area (Å²) in [5.74, 6) is 0.524. The summed E-state index contributed by atoms with van der Waals surface area (Å²) in [5.41, 5.74) is 7.78. The van der Waals surface area contributed by atoms with Crippen molar-refractivity contribution in [3.05, 3.63) is 15.9 Å². The van der Waals surface area contributed by atoms with Crippen LogP contribution in [0.5, 0.6) is 0 Å². The minimum Gasteiger partial charge on any atom is -0.381 e. The number of aromatic nitrogens is 2. The summed E-state index contributed by atoms with van der Waals surface area (Å²) >= 11 is 3.60. The summed E-state index contributed by atoms with van der Waals surface area (Å²) in [6.45, 7) is 2.33. The molecule has 0 aliphatic carbocycles. The number of nitrogens with zero attached hydrogens (tertiary/aromatic N) is 1. The Morgan fingerprint density at radius 3 is 2.87 bits per heavy atom. The zero-order chi connectivity index (χ0) is 10.7. The van der Waals surface area contributed by atoms with E-state index in [1.54, 1.807) is 0 Å².